The van der Waals surface area contributed by atoms with E-state index in [0.29, 0.717) is 36.8 Å². The van der Waals surface area contributed by atoms with E-state index < -0.39 is 5.60 Å². The van der Waals surface area contributed by atoms with Crippen molar-refractivity contribution in [3.8, 4) is 0 Å². The van der Waals surface area contributed by atoms with Crippen LogP contribution < -0.4 is 5.32 Å². The molecule has 0 saturated carbocycles. The fourth-order valence-corrected chi connectivity index (χ4v) is 2.77. The lowest BCUT2D eigenvalue weighted by Crippen LogP contribution is -2.46. The lowest BCUT2D eigenvalue weighted by molar-refractivity contribution is -0.0159. The zero-order valence-corrected chi connectivity index (χ0v) is 13.2. The van der Waals surface area contributed by atoms with Crippen LogP contribution in [0.15, 0.2) is 42.9 Å². The molecule has 3 rings (SSSR count). The van der Waals surface area contributed by atoms with E-state index in [-0.39, 0.29) is 6.03 Å². The number of amides is 2. The van der Waals surface area contributed by atoms with E-state index >= 15 is 0 Å². The van der Waals surface area contributed by atoms with Crippen molar-refractivity contribution in [3.05, 3.63) is 53.6 Å². The van der Waals surface area contributed by atoms with Gasteiger partial charge in [-0.3, -0.25) is 4.98 Å². The molecule has 7 heteroatoms. The zero-order chi connectivity index (χ0) is 16.3. The van der Waals surface area contributed by atoms with Gasteiger partial charge in [0, 0.05) is 31.0 Å². The number of nitrogens with zero attached hydrogens (tertiary/aromatic N) is 3. The number of rotatable bonds is 2. The summed E-state index contributed by atoms with van der Waals surface area (Å²) in [6.45, 7) is 0.941. The maximum Gasteiger partial charge on any atom is 0.321 e. The van der Waals surface area contributed by atoms with Crippen LogP contribution in [0.4, 0.5) is 10.5 Å². The minimum Gasteiger partial charge on any atom is -0.385 e. The number of hydrogen-bond donors (Lipinski definition) is 2. The summed E-state index contributed by atoms with van der Waals surface area (Å²) in [7, 11) is 0. The molecule has 1 aliphatic heterocycles. The molecule has 0 radical (unpaired) electrons. The largest absolute Gasteiger partial charge is 0.385 e. The first-order chi connectivity index (χ1) is 11.1. The summed E-state index contributed by atoms with van der Waals surface area (Å²) in [6, 6.07) is 6.78. The second-order valence-electron chi connectivity index (χ2n) is 5.56. The minimum absolute atomic E-state index is 0.206. The molecule has 120 valence electrons. The fraction of sp³-hybridized carbons (Fsp3) is 0.312. The van der Waals surface area contributed by atoms with Gasteiger partial charge < -0.3 is 15.3 Å². The van der Waals surface area contributed by atoms with Crippen molar-refractivity contribution in [1.29, 1.82) is 0 Å². The Hall–Kier alpha value is -2.18. The molecule has 0 unspecified atom stereocenters. The fourth-order valence-electron chi connectivity index (χ4n) is 2.66. The number of aliphatic hydroxyl groups is 1. The predicted octanol–water partition coefficient (Wildman–Crippen LogP) is 2.65. The number of halogens is 1. The van der Waals surface area contributed by atoms with Gasteiger partial charge in [-0.05, 0) is 31.0 Å². The smallest absolute Gasteiger partial charge is 0.321 e. The second kappa shape index (κ2) is 6.52. The molecule has 0 bridgehead atoms. The monoisotopic (exact) mass is 332 g/mol. The molecule has 23 heavy (non-hydrogen) atoms. The zero-order valence-electron chi connectivity index (χ0n) is 12.4. The molecule has 2 aromatic rings. The van der Waals surface area contributed by atoms with Crippen LogP contribution in [-0.4, -0.2) is 39.1 Å². The summed E-state index contributed by atoms with van der Waals surface area (Å²) < 4.78 is 0. The van der Waals surface area contributed by atoms with Crippen LogP contribution in [0.25, 0.3) is 0 Å². The van der Waals surface area contributed by atoms with E-state index in [1.807, 2.05) is 6.07 Å². The average molecular weight is 333 g/mol. The van der Waals surface area contributed by atoms with E-state index in [2.05, 4.69) is 15.3 Å². The van der Waals surface area contributed by atoms with Gasteiger partial charge in [0.1, 0.15) is 5.15 Å². The Labute approximate surface area is 139 Å². The second-order valence-corrected chi connectivity index (χ2v) is 5.95. The highest BCUT2D eigenvalue weighted by atomic mass is 35.5. The van der Waals surface area contributed by atoms with Crippen LogP contribution >= 0.6 is 11.6 Å². The van der Waals surface area contributed by atoms with Crippen molar-refractivity contribution in [2.75, 3.05) is 18.4 Å². The Kier molecular flexibility index (Phi) is 4.45. The van der Waals surface area contributed by atoms with Gasteiger partial charge in [-0.2, -0.15) is 0 Å². The van der Waals surface area contributed by atoms with Gasteiger partial charge in [-0.1, -0.05) is 17.7 Å². The van der Waals surface area contributed by atoms with Crippen molar-refractivity contribution in [3.63, 3.8) is 0 Å². The van der Waals surface area contributed by atoms with Crippen LogP contribution in [0.2, 0.25) is 5.15 Å². The van der Waals surface area contributed by atoms with Crippen molar-refractivity contribution in [2.45, 2.75) is 18.4 Å². The van der Waals surface area contributed by atoms with E-state index in [0.717, 1.165) is 5.56 Å². The van der Waals surface area contributed by atoms with Crippen LogP contribution in [0.3, 0.4) is 0 Å². The van der Waals surface area contributed by atoms with Gasteiger partial charge in [0.05, 0.1) is 17.5 Å². The number of likely N-dealkylation sites (tertiary alicyclic amines) is 1. The number of carbonyl (C=O) groups is 1. The van der Waals surface area contributed by atoms with Gasteiger partial charge in [0.2, 0.25) is 0 Å². The van der Waals surface area contributed by atoms with Gasteiger partial charge in [0.25, 0.3) is 0 Å². The summed E-state index contributed by atoms with van der Waals surface area (Å²) in [4.78, 5) is 21.9. The standard InChI is InChI=1S/C16H17ClN4O2/c17-14-4-3-13(11-19-14)20-15(22)21-8-5-16(23,6-9-21)12-2-1-7-18-10-12/h1-4,7,10-11,23H,5-6,8-9H2,(H,20,22). The molecule has 1 fully saturated rings. The van der Waals surface area contributed by atoms with E-state index in [4.69, 9.17) is 11.6 Å². The number of urea groups is 1. The van der Waals surface area contributed by atoms with Gasteiger partial charge >= 0.3 is 6.03 Å². The number of hydrogen-bond acceptors (Lipinski definition) is 4. The van der Waals surface area contributed by atoms with Crippen LogP contribution in [0.1, 0.15) is 18.4 Å². The van der Waals surface area contributed by atoms with Crippen LogP contribution in [0.5, 0.6) is 0 Å². The first kappa shape index (κ1) is 15.7. The number of anilines is 1. The van der Waals surface area contributed by atoms with Crippen LogP contribution in [-0.2, 0) is 5.60 Å². The molecule has 0 spiro atoms. The number of aromatic nitrogens is 2. The average Bonchev–Trinajstić information content (AvgIpc) is 2.58. The van der Waals surface area contributed by atoms with Crippen molar-refractivity contribution in [1.82, 2.24) is 14.9 Å². The summed E-state index contributed by atoms with van der Waals surface area (Å²) in [5, 5.41) is 13.9. The topological polar surface area (TPSA) is 78.4 Å². The van der Waals surface area contributed by atoms with E-state index in [1.54, 1.807) is 35.5 Å². The Morgan fingerprint density at radius 1 is 1.26 bits per heavy atom. The molecule has 2 N–H and O–H groups in total. The molecule has 6 nitrogen and oxygen atoms in total. The molecule has 2 aromatic heterocycles. The number of piperidine rings is 1. The highest BCUT2D eigenvalue weighted by Crippen LogP contribution is 2.32. The van der Waals surface area contributed by atoms with Crippen molar-refractivity contribution in [2.24, 2.45) is 0 Å². The Morgan fingerprint density at radius 3 is 2.65 bits per heavy atom. The van der Waals surface area contributed by atoms with Crippen molar-refractivity contribution < 1.29 is 9.90 Å². The van der Waals surface area contributed by atoms with Crippen LogP contribution in [0, 0.1) is 0 Å². The molecule has 1 aliphatic rings. The van der Waals surface area contributed by atoms with E-state index in [1.165, 1.54) is 6.20 Å². The first-order valence-corrected chi connectivity index (χ1v) is 7.75. The molecular weight excluding hydrogens is 316 g/mol. The lowest BCUT2D eigenvalue weighted by atomic mass is 9.85. The Balaban J connectivity index is 1.60. The third-order valence-electron chi connectivity index (χ3n) is 4.06. The SMILES string of the molecule is O=C(Nc1ccc(Cl)nc1)N1CCC(O)(c2cccnc2)CC1. The third kappa shape index (κ3) is 3.60. The lowest BCUT2D eigenvalue weighted by Gasteiger charge is -2.38. The quantitative estimate of drug-likeness (QED) is 0.829. The normalized spacial score (nSPS) is 16.9. The van der Waals surface area contributed by atoms with Gasteiger partial charge in [0.15, 0.2) is 0 Å². The Bertz CT molecular complexity index is 670. The molecule has 2 amide bonds. The summed E-state index contributed by atoms with van der Waals surface area (Å²) in [5.41, 5.74) is 0.460. The highest BCUT2D eigenvalue weighted by molar-refractivity contribution is 6.29. The molecule has 0 aromatic carbocycles. The first-order valence-electron chi connectivity index (χ1n) is 7.37. The molecule has 0 atom stereocenters. The highest BCUT2D eigenvalue weighted by Gasteiger charge is 2.35. The van der Waals surface area contributed by atoms with Gasteiger partial charge in [-0.25, -0.2) is 9.78 Å². The van der Waals surface area contributed by atoms with Gasteiger partial charge in [-0.15, -0.1) is 0 Å². The number of pyridine rings is 2. The number of carbonyl (C=O) groups excluding carboxylic acids is 1. The Morgan fingerprint density at radius 2 is 2.04 bits per heavy atom. The summed E-state index contributed by atoms with van der Waals surface area (Å²) in [5.74, 6) is 0. The minimum atomic E-state index is -0.924. The van der Waals surface area contributed by atoms with Crippen molar-refractivity contribution >= 4 is 23.3 Å². The molecule has 1 saturated heterocycles. The molecular formula is C16H17ClN4O2. The number of nitrogens with one attached hydrogen (secondary N) is 1. The third-order valence-corrected chi connectivity index (χ3v) is 4.28. The predicted molar refractivity (Wildman–Crippen MR) is 87.2 cm³/mol. The molecule has 0 aliphatic carbocycles. The van der Waals surface area contributed by atoms with E-state index in [9.17, 15) is 9.90 Å². The summed E-state index contributed by atoms with van der Waals surface area (Å²) >= 11 is 5.72. The maximum absolute atomic E-state index is 12.3. The summed E-state index contributed by atoms with van der Waals surface area (Å²) in [6.07, 6.45) is 5.82. The maximum atomic E-state index is 12.3. The molecule has 3 heterocycles.